The van der Waals surface area contributed by atoms with Crippen molar-refractivity contribution in [2.75, 3.05) is 13.1 Å². The lowest BCUT2D eigenvalue weighted by molar-refractivity contribution is 0.0992. The van der Waals surface area contributed by atoms with Gasteiger partial charge in [0.25, 0.3) is 0 Å². The first-order valence-electron chi connectivity index (χ1n) is 7.17. The van der Waals surface area contributed by atoms with Crippen LogP contribution in [0.4, 0.5) is 0 Å². The largest absolute Gasteiger partial charge is 0.316 e. The van der Waals surface area contributed by atoms with E-state index in [0.29, 0.717) is 22.9 Å². The van der Waals surface area contributed by atoms with E-state index in [1.54, 1.807) is 24.3 Å². The summed E-state index contributed by atoms with van der Waals surface area (Å²) in [5.41, 5.74) is 2.73. The molecule has 1 atom stereocenters. The van der Waals surface area contributed by atoms with Gasteiger partial charge in [-0.1, -0.05) is 17.7 Å². The Hall–Kier alpha value is -1.71. The van der Waals surface area contributed by atoms with Gasteiger partial charge in [-0.2, -0.15) is 0 Å². The molecule has 0 aliphatic carbocycles. The van der Waals surface area contributed by atoms with Gasteiger partial charge in [-0.3, -0.25) is 9.78 Å². The van der Waals surface area contributed by atoms with Crippen molar-refractivity contribution in [3.63, 3.8) is 0 Å². The van der Waals surface area contributed by atoms with Gasteiger partial charge >= 0.3 is 0 Å². The topological polar surface area (TPSA) is 42.0 Å². The molecule has 0 radical (unpaired) electrons. The molecule has 4 heteroatoms. The number of carbonyl (C=O) groups excluding carboxylic acids is 1. The summed E-state index contributed by atoms with van der Waals surface area (Å²) in [4.78, 5) is 16.6. The monoisotopic (exact) mass is 300 g/mol. The number of carbonyl (C=O) groups is 1. The Labute approximate surface area is 129 Å². The van der Waals surface area contributed by atoms with Crippen LogP contribution in [-0.2, 0) is 6.42 Å². The summed E-state index contributed by atoms with van der Waals surface area (Å²) in [6, 6.07) is 11.0. The predicted octanol–water partition coefficient (Wildman–Crippen LogP) is 3.24. The Morgan fingerprint density at radius 1 is 1.24 bits per heavy atom. The Balaban J connectivity index is 1.67. The fraction of sp³-hybridized carbons (Fsp3) is 0.294. The van der Waals surface area contributed by atoms with E-state index >= 15 is 0 Å². The van der Waals surface area contributed by atoms with E-state index < -0.39 is 0 Å². The molecule has 2 heterocycles. The third-order valence-electron chi connectivity index (χ3n) is 3.89. The highest BCUT2D eigenvalue weighted by Gasteiger charge is 2.17. The van der Waals surface area contributed by atoms with Gasteiger partial charge in [0.1, 0.15) is 0 Å². The van der Waals surface area contributed by atoms with Crippen LogP contribution in [0.3, 0.4) is 0 Å². The molecule has 1 aliphatic heterocycles. The number of halogens is 1. The minimum atomic E-state index is 0.0643. The van der Waals surface area contributed by atoms with Crippen LogP contribution >= 0.6 is 11.6 Å². The minimum absolute atomic E-state index is 0.0643. The van der Waals surface area contributed by atoms with E-state index in [1.165, 1.54) is 5.56 Å². The zero-order valence-electron chi connectivity index (χ0n) is 11.7. The lowest BCUT2D eigenvalue weighted by atomic mass is 9.99. The first-order valence-corrected chi connectivity index (χ1v) is 7.54. The van der Waals surface area contributed by atoms with Gasteiger partial charge in [0, 0.05) is 29.0 Å². The van der Waals surface area contributed by atoms with E-state index in [-0.39, 0.29) is 5.78 Å². The molecule has 1 saturated heterocycles. The van der Waals surface area contributed by atoms with E-state index in [1.807, 2.05) is 12.3 Å². The van der Waals surface area contributed by atoms with Crippen LogP contribution in [0, 0.1) is 0 Å². The van der Waals surface area contributed by atoms with E-state index in [0.717, 1.165) is 25.2 Å². The first kappa shape index (κ1) is 14.2. The third-order valence-corrected chi connectivity index (χ3v) is 4.14. The van der Waals surface area contributed by atoms with Gasteiger partial charge in [0.05, 0.1) is 6.42 Å². The summed E-state index contributed by atoms with van der Waals surface area (Å²) in [5.74, 6) is 0.618. The smallest absolute Gasteiger partial charge is 0.168 e. The molecular formula is C17H17ClN2O. The van der Waals surface area contributed by atoms with E-state index in [9.17, 15) is 4.79 Å². The molecule has 3 rings (SSSR count). The molecule has 1 aromatic heterocycles. The lowest BCUT2D eigenvalue weighted by Gasteiger charge is -2.08. The second kappa shape index (κ2) is 6.37. The van der Waals surface area contributed by atoms with Crippen molar-refractivity contribution in [2.45, 2.75) is 18.8 Å². The minimum Gasteiger partial charge on any atom is -0.316 e. The molecule has 1 unspecified atom stereocenters. The Morgan fingerprint density at radius 2 is 2.05 bits per heavy atom. The summed E-state index contributed by atoms with van der Waals surface area (Å²) in [6.45, 7) is 2.09. The highest BCUT2D eigenvalue weighted by Crippen LogP contribution is 2.21. The van der Waals surface area contributed by atoms with Crippen LogP contribution in [-0.4, -0.2) is 23.9 Å². The number of hydrogen-bond donors (Lipinski definition) is 1. The van der Waals surface area contributed by atoms with Crippen molar-refractivity contribution < 1.29 is 4.79 Å². The number of rotatable bonds is 4. The first-order chi connectivity index (χ1) is 10.2. The predicted molar refractivity (Wildman–Crippen MR) is 84.0 cm³/mol. The van der Waals surface area contributed by atoms with Crippen molar-refractivity contribution in [1.82, 2.24) is 10.3 Å². The van der Waals surface area contributed by atoms with Crippen LogP contribution in [0.15, 0.2) is 42.6 Å². The molecule has 0 amide bonds. The second-order valence-electron chi connectivity index (χ2n) is 5.38. The average Bonchev–Trinajstić information content (AvgIpc) is 3.03. The molecule has 1 N–H and O–H groups in total. The molecule has 1 fully saturated rings. The Kier molecular flexibility index (Phi) is 4.32. The molecule has 1 aromatic carbocycles. The highest BCUT2D eigenvalue weighted by molar-refractivity contribution is 6.30. The molecule has 21 heavy (non-hydrogen) atoms. The number of nitrogens with one attached hydrogen (secondary N) is 1. The van der Waals surface area contributed by atoms with Crippen molar-refractivity contribution in [2.24, 2.45) is 0 Å². The number of ketones is 1. The zero-order valence-corrected chi connectivity index (χ0v) is 12.4. The SMILES string of the molecule is O=C(Cc1ccc(C2CCNC2)cn1)c1ccc(Cl)cc1. The van der Waals surface area contributed by atoms with Gasteiger partial charge in [0.15, 0.2) is 5.78 Å². The Morgan fingerprint density at radius 3 is 2.67 bits per heavy atom. The van der Waals surface area contributed by atoms with Crippen LogP contribution in [0.1, 0.15) is 34.0 Å². The van der Waals surface area contributed by atoms with Crippen molar-refractivity contribution in [1.29, 1.82) is 0 Å². The quantitative estimate of drug-likeness (QED) is 0.882. The van der Waals surface area contributed by atoms with E-state index in [2.05, 4.69) is 16.4 Å². The molecule has 2 aromatic rings. The lowest BCUT2D eigenvalue weighted by Crippen LogP contribution is -2.09. The van der Waals surface area contributed by atoms with Crippen LogP contribution in [0.25, 0.3) is 0 Å². The molecule has 1 aliphatic rings. The number of nitrogens with zero attached hydrogens (tertiary/aromatic N) is 1. The summed E-state index contributed by atoms with van der Waals surface area (Å²) in [6.07, 6.45) is 3.39. The fourth-order valence-electron chi connectivity index (χ4n) is 2.62. The molecular weight excluding hydrogens is 284 g/mol. The maximum Gasteiger partial charge on any atom is 0.168 e. The maximum absolute atomic E-state index is 12.2. The molecule has 3 nitrogen and oxygen atoms in total. The Bertz CT molecular complexity index is 616. The summed E-state index contributed by atoms with van der Waals surface area (Å²) < 4.78 is 0. The number of benzene rings is 1. The summed E-state index contributed by atoms with van der Waals surface area (Å²) in [5, 5.41) is 3.99. The molecule has 0 bridgehead atoms. The molecule has 108 valence electrons. The van der Waals surface area contributed by atoms with Crippen LogP contribution in [0.2, 0.25) is 5.02 Å². The van der Waals surface area contributed by atoms with E-state index in [4.69, 9.17) is 11.6 Å². The maximum atomic E-state index is 12.2. The zero-order chi connectivity index (χ0) is 14.7. The number of Topliss-reactive ketones (excluding diaryl/α,β-unsaturated/α-hetero) is 1. The number of hydrogen-bond acceptors (Lipinski definition) is 3. The molecule has 0 saturated carbocycles. The van der Waals surface area contributed by atoms with Gasteiger partial charge in [-0.25, -0.2) is 0 Å². The fourth-order valence-corrected chi connectivity index (χ4v) is 2.75. The number of aromatic nitrogens is 1. The van der Waals surface area contributed by atoms with Crippen molar-refractivity contribution >= 4 is 17.4 Å². The van der Waals surface area contributed by atoms with Gasteiger partial charge in [-0.05, 0) is 54.8 Å². The highest BCUT2D eigenvalue weighted by atomic mass is 35.5. The summed E-state index contributed by atoms with van der Waals surface area (Å²) in [7, 11) is 0. The second-order valence-corrected chi connectivity index (χ2v) is 5.82. The number of pyridine rings is 1. The summed E-state index contributed by atoms with van der Waals surface area (Å²) >= 11 is 5.83. The van der Waals surface area contributed by atoms with Gasteiger partial charge < -0.3 is 5.32 Å². The van der Waals surface area contributed by atoms with Crippen LogP contribution in [0.5, 0.6) is 0 Å². The third kappa shape index (κ3) is 3.49. The normalized spacial score (nSPS) is 17.9. The van der Waals surface area contributed by atoms with Gasteiger partial charge in [-0.15, -0.1) is 0 Å². The average molecular weight is 301 g/mol. The standard InChI is InChI=1S/C17H17ClN2O/c18-15-4-1-12(2-5-15)17(21)9-16-6-3-13(11-20-16)14-7-8-19-10-14/h1-6,11,14,19H,7-10H2. The van der Waals surface area contributed by atoms with Gasteiger partial charge in [0.2, 0.25) is 0 Å². The van der Waals surface area contributed by atoms with Crippen LogP contribution < -0.4 is 5.32 Å². The van der Waals surface area contributed by atoms with Crippen molar-refractivity contribution in [3.8, 4) is 0 Å². The van der Waals surface area contributed by atoms with Crippen molar-refractivity contribution in [3.05, 3.63) is 64.4 Å². The molecule has 0 spiro atoms.